The Hall–Kier alpha value is -1.58. The van der Waals surface area contributed by atoms with E-state index in [-0.39, 0.29) is 5.91 Å². The molecule has 1 aromatic heterocycles. The second-order valence-corrected chi connectivity index (χ2v) is 5.98. The van der Waals surface area contributed by atoms with Crippen molar-refractivity contribution < 1.29 is 4.79 Å². The van der Waals surface area contributed by atoms with Crippen LogP contribution < -0.4 is 5.32 Å². The lowest BCUT2D eigenvalue weighted by molar-refractivity contribution is 0.0735. The summed E-state index contributed by atoms with van der Waals surface area (Å²) in [6.45, 7) is 3.95. The van der Waals surface area contributed by atoms with E-state index in [1.54, 1.807) is 12.4 Å². The van der Waals surface area contributed by atoms with Crippen LogP contribution in [0.3, 0.4) is 0 Å². The lowest BCUT2D eigenvalue weighted by Gasteiger charge is -2.23. The predicted molar refractivity (Wildman–Crippen MR) is 79.8 cm³/mol. The number of carbonyl (C=O) groups excluding carboxylic acids is 1. The summed E-state index contributed by atoms with van der Waals surface area (Å²) in [5, 5.41) is 3.34. The van der Waals surface area contributed by atoms with Crippen molar-refractivity contribution >= 4 is 11.6 Å². The summed E-state index contributed by atoms with van der Waals surface area (Å²) in [6.07, 6.45) is 9.39. The third-order valence-corrected chi connectivity index (χ3v) is 4.02. The summed E-state index contributed by atoms with van der Waals surface area (Å²) >= 11 is 0. The maximum Gasteiger partial charge on any atom is 0.257 e. The van der Waals surface area contributed by atoms with Crippen LogP contribution >= 0.6 is 0 Å². The molecular weight excluding hydrogens is 250 g/mol. The molecule has 1 aromatic rings. The van der Waals surface area contributed by atoms with E-state index in [4.69, 9.17) is 0 Å². The number of anilines is 1. The zero-order chi connectivity index (χ0) is 13.9. The van der Waals surface area contributed by atoms with Gasteiger partial charge < -0.3 is 10.2 Å². The fourth-order valence-corrected chi connectivity index (χ4v) is 2.50. The number of hydrogen-bond donors (Lipinski definition) is 1. The molecule has 2 saturated carbocycles. The normalized spacial score (nSPS) is 17.9. The average Bonchev–Trinajstić information content (AvgIpc) is 3.35. The first kappa shape index (κ1) is 13.4. The monoisotopic (exact) mass is 273 g/mol. The van der Waals surface area contributed by atoms with E-state index in [0.29, 0.717) is 6.04 Å². The van der Waals surface area contributed by atoms with E-state index in [9.17, 15) is 4.79 Å². The summed E-state index contributed by atoms with van der Waals surface area (Å²) in [5.41, 5.74) is 1.65. The molecule has 0 unspecified atom stereocenters. The Bertz CT molecular complexity index is 480. The zero-order valence-electron chi connectivity index (χ0n) is 12.1. The van der Waals surface area contributed by atoms with Gasteiger partial charge in [0.05, 0.1) is 11.3 Å². The molecular formula is C16H23N3O. The van der Waals surface area contributed by atoms with Crippen molar-refractivity contribution in [3.8, 4) is 0 Å². The first-order chi connectivity index (χ1) is 9.79. The summed E-state index contributed by atoms with van der Waals surface area (Å²) < 4.78 is 0. The molecule has 1 N–H and O–H groups in total. The molecule has 3 rings (SSSR count). The SMILES string of the molecule is CCCNc1ccncc1C(=O)N(CC1CC1)C1CC1. The van der Waals surface area contributed by atoms with Crippen LogP contribution in [-0.4, -0.2) is 34.9 Å². The second-order valence-electron chi connectivity index (χ2n) is 5.98. The highest BCUT2D eigenvalue weighted by Crippen LogP contribution is 2.36. The third-order valence-electron chi connectivity index (χ3n) is 4.02. The Morgan fingerprint density at radius 2 is 2.20 bits per heavy atom. The smallest absolute Gasteiger partial charge is 0.257 e. The predicted octanol–water partition coefficient (Wildman–Crippen LogP) is 2.92. The van der Waals surface area contributed by atoms with E-state index < -0.39 is 0 Å². The molecule has 0 saturated heterocycles. The zero-order valence-corrected chi connectivity index (χ0v) is 12.1. The molecule has 2 aliphatic carbocycles. The van der Waals surface area contributed by atoms with Crippen molar-refractivity contribution in [1.82, 2.24) is 9.88 Å². The molecule has 1 amide bonds. The van der Waals surface area contributed by atoms with Crippen LogP contribution in [-0.2, 0) is 0 Å². The van der Waals surface area contributed by atoms with Gasteiger partial charge in [-0.05, 0) is 44.1 Å². The molecule has 1 heterocycles. The highest BCUT2D eigenvalue weighted by molar-refractivity contribution is 5.99. The lowest BCUT2D eigenvalue weighted by atomic mass is 10.2. The van der Waals surface area contributed by atoms with Gasteiger partial charge in [0.15, 0.2) is 0 Å². The Balaban J connectivity index is 1.76. The van der Waals surface area contributed by atoms with Crippen molar-refractivity contribution in [2.24, 2.45) is 5.92 Å². The number of hydrogen-bond acceptors (Lipinski definition) is 3. The Morgan fingerprint density at radius 1 is 1.40 bits per heavy atom. The second kappa shape index (κ2) is 5.81. The fraction of sp³-hybridized carbons (Fsp3) is 0.625. The van der Waals surface area contributed by atoms with Crippen LogP contribution in [0.5, 0.6) is 0 Å². The molecule has 0 spiro atoms. The highest BCUT2D eigenvalue weighted by Gasteiger charge is 2.37. The highest BCUT2D eigenvalue weighted by atomic mass is 16.2. The molecule has 4 nitrogen and oxygen atoms in total. The van der Waals surface area contributed by atoms with Gasteiger partial charge in [-0.25, -0.2) is 0 Å². The summed E-state index contributed by atoms with van der Waals surface area (Å²) in [6, 6.07) is 2.38. The van der Waals surface area contributed by atoms with Gasteiger partial charge >= 0.3 is 0 Å². The van der Waals surface area contributed by atoms with Crippen LogP contribution in [0.2, 0.25) is 0 Å². The third kappa shape index (κ3) is 3.11. The molecule has 4 heteroatoms. The minimum Gasteiger partial charge on any atom is -0.384 e. The minimum absolute atomic E-state index is 0.158. The van der Waals surface area contributed by atoms with Crippen LogP contribution in [0.1, 0.15) is 49.4 Å². The molecule has 0 aromatic carbocycles. The Labute approximate surface area is 120 Å². The van der Waals surface area contributed by atoms with Gasteiger partial charge in [0.25, 0.3) is 5.91 Å². The van der Waals surface area contributed by atoms with Gasteiger partial charge in [0, 0.05) is 31.5 Å². The van der Waals surface area contributed by atoms with E-state index in [2.05, 4.69) is 22.1 Å². The minimum atomic E-state index is 0.158. The van der Waals surface area contributed by atoms with Gasteiger partial charge in [-0.3, -0.25) is 9.78 Å². The number of amides is 1. The quantitative estimate of drug-likeness (QED) is 0.831. The molecule has 0 radical (unpaired) electrons. The van der Waals surface area contributed by atoms with Crippen LogP contribution in [0, 0.1) is 5.92 Å². The van der Waals surface area contributed by atoms with Crippen molar-refractivity contribution in [3.63, 3.8) is 0 Å². The number of nitrogens with one attached hydrogen (secondary N) is 1. The average molecular weight is 273 g/mol. The number of aromatic nitrogens is 1. The summed E-state index contributed by atoms with van der Waals surface area (Å²) in [7, 11) is 0. The van der Waals surface area contributed by atoms with Gasteiger partial charge in [-0.2, -0.15) is 0 Å². The molecule has 20 heavy (non-hydrogen) atoms. The van der Waals surface area contributed by atoms with Gasteiger partial charge in [0.2, 0.25) is 0 Å². The van der Waals surface area contributed by atoms with E-state index in [0.717, 1.165) is 49.5 Å². The maximum absolute atomic E-state index is 12.8. The van der Waals surface area contributed by atoms with Crippen LogP contribution in [0.4, 0.5) is 5.69 Å². The van der Waals surface area contributed by atoms with Crippen molar-refractivity contribution in [2.45, 2.75) is 45.1 Å². The first-order valence-electron chi connectivity index (χ1n) is 7.78. The van der Waals surface area contributed by atoms with Crippen LogP contribution in [0.25, 0.3) is 0 Å². The number of pyridine rings is 1. The molecule has 0 atom stereocenters. The van der Waals surface area contributed by atoms with Crippen LogP contribution in [0.15, 0.2) is 18.5 Å². The van der Waals surface area contributed by atoms with Gasteiger partial charge in [-0.1, -0.05) is 6.92 Å². The Morgan fingerprint density at radius 3 is 2.85 bits per heavy atom. The van der Waals surface area contributed by atoms with E-state index >= 15 is 0 Å². The van der Waals surface area contributed by atoms with Crippen molar-refractivity contribution in [2.75, 3.05) is 18.4 Å². The van der Waals surface area contributed by atoms with Crippen molar-refractivity contribution in [1.29, 1.82) is 0 Å². The lowest BCUT2D eigenvalue weighted by Crippen LogP contribution is -2.35. The van der Waals surface area contributed by atoms with Gasteiger partial charge in [-0.15, -0.1) is 0 Å². The molecule has 2 aliphatic rings. The van der Waals surface area contributed by atoms with E-state index in [1.165, 1.54) is 12.8 Å². The maximum atomic E-state index is 12.8. The topological polar surface area (TPSA) is 45.2 Å². The molecule has 108 valence electrons. The van der Waals surface area contributed by atoms with E-state index in [1.807, 2.05) is 6.07 Å². The summed E-state index contributed by atoms with van der Waals surface area (Å²) in [4.78, 5) is 19.1. The Kier molecular flexibility index (Phi) is 3.90. The molecule has 0 bridgehead atoms. The largest absolute Gasteiger partial charge is 0.384 e. The standard InChI is InChI=1S/C16H23N3O/c1-2-8-18-15-7-9-17-10-14(15)16(20)19(13-5-6-13)11-12-3-4-12/h7,9-10,12-13H,2-6,8,11H2,1H3,(H,17,18). The van der Waals surface area contributed by atoms with Gasteiger partial charge in [0.1, 0.15) is 0 Å². The number of rotatable bonds is 7. The summed E-state index contributed by atoms with van der Waals surface area (Å²) in [5.74, 6) is 0.898. The number of carbonyl (C=O) groups is 1. The first-order valence-corrected chi connectivity index (χ1v) is 7.78. The molecule has 0 aliphatic heterocycles. The molecule has 2 fully saturated rings. The number of nitrogens with zero attached hydrogens (tertiary/aromatic N) is 2. The van der Waals surface area contributed by atoms with Crippen molar-refractivity contribution in [3.05, 3.63) is 24.0 Å². The fourth-order valence-electron chi connectivity index (χ4n) is 2.50.